The average molecular weight is 154 g/mol. The van der Waals surface area contributed by atoms with Gasteiger partial charge < -0.3 is 5.11 Å². The first-order valence-electron chi connectivity index (χ1n) is 4.71. The normalized spacial score (nSPS) is 21.1. The van der Waals surface area contributed by atoms with E-state index in [1.54, 1.807) is 0 Å². The van der Waals surface area contributed by atoms with Crippen LogP contribution in [0.4, 0.5) is 0 Å². The lowest BCUT2D eigenvalue weighted by atomic mass is 9.93. The summed E-state index contributed by atoms with van der Waals surface area (Å²) in [5.74, 6) is 0. The Morgan fingerprint density at radius 1 is 1.55 bits per heavy atom. The van der Waals surface area contributed by atoms with Crippen LogP contribution in [0, 0.1) is 0 Å². The van der Waals surface area contributed by atoms with Crippen molar-refractivity contribution in [2.45, 2.75) is 51.6 Å². The lowest BCUT2D eigenvalue weighted by molar-refractivity contribution is 0.192. The zero-order chi connectivity index (χ0) is 8.10. The summed E-state index contributed by atoms with van der Waals surface area (Å²) in [4.78, 5) is 0. The molecule has 0 aromatic rings. The van der Waals surface area contributed by atoms with Gasteiger partial charge in [-0.1, -0.05) is 19.4 Å². The molecule has 1 aliphatic carbocycles. The Morgan fingerprint density at radius 2 is 2.36 bits per heavy atom. The predicted octanol–water partition coefficient (Wildman–Crippen LogP) is 2.65. The summed E-state index contributed by atoms with van der Waals surface area (Å²) in [6.45, 7) is 2.12. The fourth-order valence-electron chi connectivity index (χ4n) is 1.62. The smallest absolute Gasteiger partial charge is 0.0750 e. The molecule has 11 heavy (non-hydrogen) atoms. The van der Waals surface area contributed by atoms with Gasteiger partial charge in [0.15, 0.2) is 0 Å². The first-order chi connectivity index (χ1) is 5.34. The summed E-state index contributed by atoms with van der Waals surface area (Å²) >= 11 is 0. The molecule has 1 aliphatic rings. The molecule has 1 heteroatoms. The van der Waals surface area contributed by atoms with Crippen LogP contribution in [0.5, 0.6) is 0 Å². The Bertz CT molecular complexity index is 138. The van der Waals surface area contributed by atoms with Crippen molar-refractivity contribution >= 4 is 0 Å². The highest BCUT2D eigenvalue weighted by Crippen LogP contribution is 2.22. The van der Waals surface area contributed by atoms with E-state index < -0.39 is 0 Å². The van der Waals surface area contributed by atoms with Crippen LogP contribution in [-0.2, 0) is 0 Å². The van der Waals surface area contributed by atoms with Gasteiger partial charge in [0.1, 0.15) is 0 Å². The van der Waals surface area contributed by atoms with Gasteiger partial charge in [0, 0.05) is 0 Å². The molecule has 1 atom stereocenters. The van der Waals surface area contributed by atoms with Crippen LogP contribution in [0.25, 0.3) is 0 Å². The molecule has 0 aromatic carbocycles. The van der Waals surface area contributed by atoms with Crippen LogP contribution in [0.2, 0.25) is 0 Å². The fourth-order valence-corrected chi connectivity index (χ4v) is 1.62. The van der Waals surface area contributed by atoms with Crippen molar-refractivity contribution in [3.63, 3.8) is 0 Å². The first kappa shape index (κ1) is 8.79. The molecule has 0 spiro atoms. The highest BCUT2D eigenvalue weighted by molar-refractivity contribution is 5.10. The van der Waals surface area contributed by atoms with Gasteiger partial charge in [-0.25, -0.2) is 0 Å². The second-order valence-corrected chi connectivity index (χ2v) is 3.33. The molecule has 0 radical (unpaired) electrons. The molecule has 1 nitrogen and oxygen atoms in total. The van der Waals surface area contributed by atoms with E-state index in [0.29, 0.717) is 0 Å². The zero-order valence-corrected chi connectivity index (χ0v) is 7.34. The molecular formula is C10H18O. The van der Waals surface area contributed by atoms with Crippen LogP contribution in [0.15, 0.2) is 11.6 Å². The number of hydrogen-bond donors (Lipinski definition) is 1. The minimum absolute atomic E-state index is 0.139. The first-order valence-corrected chi connectivity index (χ1v) is 4.71. The van der Waals surface area contributed by atoms with E-state index in [0.717, 1.165) is 19.3 Å². The van der Waals surface area contributed by atoms with Crippen molar-refractivity contribution in [3.05, 3.63) is 11.6 Å². The van der Waals surface area contributed by atoms with Crippen molar-refractivity contribution in [2.24, 2.45) is 0 Å². The molecule has 1 unspecified atom stereocenters. The molecule has 0 amide bonds. The minimum atomic E-state index is -0.139. The molecule has 1 rings (SSSR count). The van der Waals surface area contributed by atoms with Gasteiger partial charge in [0.2, 0.25) is 0 Å². The largest absolute Gasteiger partial charge is 0.389 e. The third-order valence-electron chi connectivity index (χ3n) is 2.32. The maximum Gasteiger partial charge on any atom is 0.0750 e. The quantitative estimate of drug-likeness (QED) is 0.619. The topological polar surface area (TPSA) is 20.2 Å². The van der Waals surface area contributed by atoms with Crippen LogP contribution in [0.1, 0.15) is 45.4 Å². The molecule has 0 heterocycles. The Balaban J connectivity index is 2.37. The van der Waals surface area contributed by atoms with Gasteiger partial charge in [-0.2, -0.15) is 0 Å². The fraction of sp³-hybridized carbons (Fsp3) is 0.800. The zero-order valence-electron chi connectivity index (χ0n) is 7.34. The van der Waals surface area contributed by atoms with Gasteiger partial charge in [0.25, 0.3) is 0 Å². The highest BCUT2D eigenvalue weighted by atomic mass is 16.3. The maximum atomic E-state index is 9.61. The third kappa shape index (κ3) is 2.66. The predicted molar refractivity (Wildman–Crippen MR) is 47.5 cm³/mol. The molecular weight excluding hydrogens is 136 g/mol. The molecule has 0 fully saturated rings. The number of aliphatic hydroxyl groups is 1. The van der Waals surface area contributed by atoms with E-state index in [1.165, 1.54) is 24.8 Å². The number of allylic oxidation sites excluding steroid dienone is 1. The summed E-state index contributed by atoms with van der Waals surface area (Å²) in [5.41, 5.74) is 1.29. The van der Waals surface area contributed by atoms with Crippen molar-refractivity contribution in [1.82, 2.24) is 0 Å². The van der Waals surface area contributed by atoms with Crippen LogP contribution in [0.3, 0.4) is 0 Å². The van der Waals surface area contributed by atoms with Gasteiger partial charge in [-0.3, -0.25) is 0 Å². The Hall–Kier alpha value is -0.300. The van der Waals surface area contributed by atoms with E-state index in [-0.39, 0.29) is 6.10 Å². The third-order valence-corrected chi connectivity index (χ3v) is 2.32. The molecule has 0 saturated carbocycles. The summed E-state index contributed by atoms with van der Waals surface area (Å²) in [6, 6.07) is 0. The lowest BCUT2D eigenvalue weighted by Gasteiger charge is -2.17. The van der Waals surface area contributed by atoms with Gasteiger partial charge >= 0.3 is 0 Å². The summed E-state index contributed by atoms with van der Waals surface area (Å²) in [7, 11) is 0. The maximum absolute atomic E-state index is 9.61. The summed E-state index contributed by atoms with van der Waals surface area (Å²) in [6.07, 6.45) is 8.99. The van der Waals surface area contributed by atoms with Crippen LogP contribution in [-0.4, -0.2) is 11.2 Å². The SMILES string of the molecule is CCCC(O)C1=CCCCC1. The lowest BCUT2D eigenvalue weighted by Crippen LogP contribution is -2.11. The van der Waals surface area contributed by atoms with Gasteiger partial charge in [-0.15, -0.1) is 0 Å². The second kappa shape index (κ2) is 4.55. The summed E-state index contributed by atoms with van der Waals surface area (Å²) in [5, 5.41) is 9.61. The minimum Gasteiger partial charge on any atom is -0.389 e. The molecule has 64 valence electrons. The average Bonchev–Trinajstić information content (AvgIpc) is 2.07. The molecule has 0 bridgehead atoms. The summed E-state index contributed by atoms with van der Waals surface area (Å²) < 4.78 is 0. The van der Waals surface area contributed by atoms with Crippen LogP contribution >= 0.6 is 0 Å². The molecule has 1 N–H and O–H groups in total. The van der Waals surface area contributed by atoms with E-state index in [9.17, 15) is 5.11 Å². The standard InChI is InChI=1S/C10H18O/c1-2-6-10(11)9-7-4-3-5-8-9/h7,10-11H,2-6,8H2,1H3. The highest BCUT2D eigenvalue weighted by Gasteiger charge is 2.11. The molecule has 0 aliphatic heterocycles. The van der Waals surface area contributed by atoms with E-state index in [2.05, 4.69) is 13.0 Å². The molecule has 0 saturated heterocycles. The molecule has 0 aromatic heterocycles. The number of aliphatic hydroxyl groups excluding tert-OH is 1. The van der Waals surface area contributed by atoms with E-state index in [1.807, 2.05) is 0 Å². The van der Waals surface area contributed by atoms with Gasteiger partial charge in [-0.05, 0) is 37.7 Å². The second-order valence-electron chi connectivity index (χ2n) is 3.33. The van der Waals surface area contributed by atoms with Gasteiger partial charge in [0.05, 0.1) is 6.10 Å². The Labute approximate surface area is 69.1 Å². The Morgan fingerprint density at radius 3 is 2.91 bits per heavy atom. The van der Waals surface area contributed by atoms with Crippen molar-refractivity contribution in [1.29, 1.82) is 0 Å². The van der Waals surface area contributed by atoms with E-state index >= 15 is 0 Å². The van der Waals surface area contributed by atoms with Crippen molar-refractivity contribution in [2.75, 3.05) is 0 Å². The number of rotatable bonds is 3. The van der Waals surface area contributed by atoms with E-state index in [4.69, 9.17) is 0 Å². The van der Waals surface area contributed by atoms with Crippen molar-refractivity contribution in [3.8, 4) is 0 Å². The number of hydrogen-bond acceptors (Lipinski definition) is 1. The monoisotopic (exact) mass is 154 g/mol. The Kier molecular flexibility index (Phi) is 3.64. The van der Waals surface area contributed by atoms with Crippen LogP contribution < -0.4 is 0 Å². The van der Waals surface area contributed by atoms with Crippen molar-refractivity contribution < 1.29 is 5.11 Å².